The monoisotopic (exact) mass is 624 g/mol. The molecule has 9 nitrogen and oxygen atoms in total. The lowest BCUT2D eigenvalue weighted by atomic mass is 9.77. The molecule has 1 atom stereocenters. The maximum absolute atomic E-state index is 13.7. The topological polar surface area (TPSA) is 111 Å². The Morgan fingerprint density at radius 1 is 1.02 bits per heavy atom. The third-order valence-corrected chi connectivity index (χ3v) is 9.30. The third kappa shape index (κ3) is 8.87. The molecule has 3 fully saturated rings. The van der Waals surface area contributed by atoms with Crippen LogP contribution in [0.1, 0.15) is 94.3 Å². The molecule has 1 spiro atoms. The van der Waals surface area contributed by atoms with Crippen LogP contribution in [0.3, 0.4) is 0 Å². The molecule has 44 heavy (non-hydrogen) atoms. The molecule has 2 saturated heterocycles. The van der Waals surface area contributed by atoms with E-state index in [1.807, 2.05) is 10.2 Å². The molecule has 1 aromatic carbocycles. The number of halogens is 3. The van der Waals surface area contributed by atoms with E-state index in [4.69, 9.17) is 4.74 Å². The predicted molar refractivity (Wildman–Crippen MR) is 159 cm³/mol. The minimum atomic E-state index is -4.46. The Morgan fingerprint density at radius 3 is 2.34 bits per heavy atom. The van der Waals surface area contributed by atoms with E-state index in [1.54, 1.807) is 12.1 Å². The highest BCUT2D eigenvalue weighted by Gasteiger charge is 2.54. The van der Waals surface area contributed by atoms with Crippen molar-refractivity contribution in [1.29, 1.82) is 0 Å². The number of piperidine rings is 1. The summed E-state index contributed by atoms with van der Waals surface area (Å²) < 4.78 is 42.6. The molecular formula is C32H47F3N4O5. The lowest BCUT2D eigenvalue weighted by Crippen LogP contribution is -2.73. The second kappa shape index (κ2) is 14.9. The molecule has 2 heterocycles. The summed E-state index contributed by atoms with van der Waals surface area (Å²) in [5.41, 5.74) is -1.60. The van der Waals surface area contributed by atoms with Crippen molar-refractivity contribution >= 4 is 17.7 Å². The van der Waals surface area contributed by atoms with Gasteiger partial charge in [0.15, 0.2) is 0 Å². The van der Waals surface area contributed by atoms with Crippen molar-refractivity contribution in [2.24, 2.45) is 0 Å². The molecule has 0 unspecified atom stereocenters. The van der Waals surface area contributed by atoms with Gasteiger partial charge in [-0.15, -0.1) is 0 Å². The van der Waals surface area contributed by atoms with Crippen LogP contribution in [0.25, 0.3) is 0 Å². The van der Waals surface area contributed by atoms with Crippen LogP contribution in [0.5, 0.6) is 5.75 Å². The van der Waals surface area contributed by atoms with Crippen molar-refractivity contribution in [1.82, 2.24) is 20.4 Å². The normalized spacial score (nSPS) is 22.1. The predicted octanol–water partition coefficient (Wildman–Crippen LogP) is 4.18. The van der Waals surface area contributed by atoms with Crippen molar-refractivity contribution in [3.63, 3.8) is 0 Å². The molecule has 2 aliphatic heterocycles. The van der Waals surface area contributed by atoms with Gasteiger partial charge in [-0.05, 0) is 75.8 Å². The second-order valence-corrected chi connectivity index (χ2v) is 12.6. The van der Waals surface area contributed by atoms with Crippen molar-refractivity contribution in [3.05, 3.63) is 29.8 Å². The highest BCUT2D eigenvalue weighted by Crippen LogP contribution is 2.37. The van der Waals surface area contributed by atoms with E-state index in [1.165, 1.54) is 12.1 Å². The van der Waals surface area contributed by atoms with Crippen molar-refractivity contribution in [2.75, 3.05) is 39.3 Å². The standard InChI is InChI=1S/C32H47F3N4O5/c1-2-3-18-39-28(41)26(22-30(43)13-5-4-6-14-30)37-29(42)31(39)15-19-38(20-16-31)17-7-8-21-44-25-11-9-24(10-12-25)27(40)36-23-32(33,34)35/h9-12,26,43H,2-8,13-23H2,1H3,(H,36,40)(H,37,42)/t26-/m1/s1. The lowest BCUT2D eigenvalue weighted by Gasteiger charge is -2.52. The molecule has 246 valence electrons. The van der Waals surface area contributed by atoms with Crippen LogP contribution in [0, 0.1) is 0 Å². The van der Waals surface area contributed by atoms with E-state index >= 15 is 0 Å². The van der Waals surface area contributed by atoms with Crippen LogP contribution in [-0.4, -0.2) is 95.3 Å². The summed E-state index contributed by atoms with van der Waals surface area (Å²) in [5, 5.41) is 16.0. The van der Waals surface area contributed by atoms with Gasteiger partial charge in [0.2, 0.25) is 11.8 Å². The lowest BCUT2D eigenvalue weighted by molar-refractivity contribution is -0.163. The fourth-order valence-corrected chi connectivity index (χ4v) is 6.70. The van der Waals surface area contributed by atoms with Gasteiger partial charge in [-0.25, -0.2) is 0 Å². The largest absolute Gasteiger partial charge is 0.494 e. The SMILES string of the molecule is CCCCN1C(=O)[C@@H](CC2(O)CCCCC2)NC(=O)C12CCN(CCCCOc1ccc(C(=O)NCC(F)(F)F)cc1)CC2. The number of piperazine rings is 1. The molecule has 1 aliphatic carbocycles. The van der Waals surface area contributed by atoms with Crippen LogP contribution in [-0.2, 0) is 9.59 Å². The molecule has 0 bridgehead atoms. The first kappa shape index (κ1) is 34.0. The first-order valence-electron chi connectivity index (χ1n) is 16.1. The molecule has 3 aliphatic rings. The number of alkyl halides is 3. The van der Waals surface area contributed by atoms with Crippen LogP contribution >= 0.6 is 0 Å². The zero-order chi connectivity index (χ0) is 31.8. The van der Waals surface area contributed by atoms with Crippen LogP contribution in [0.15, 0.2) is 24.3 Å². The number of rotatable bonds is 13. The van der Waals surface area contributed by atoms with E-state index in [-0.39, 0.29) is 23.8 Å². The second-order valence-electron chi connectivity index (χ2n) is 12.6. The van der Waals surface area contributed by atoms with Gasteiger partial charge in [-0.1, -0.05) is 32.6 Å². The summed E-state index contributed by atoms with van der Waals surface area (Å²) in [6.07, 6.45) is 4.70. The first-order chi connectivity index (χ1) is 20.9. The number of carbonyl (C=O) groups is 3. The van der Waals surface area contributed by atoms with E-state index in [2.05, 4.69) is 17.1 Å². The van der Waals surface area contributed by atoms with Gasteiger partial charge in [0.25, 0.3) is 5.91 Å². The van der Waals surface area contributed by atoms with Crippen molar-refractivity contribution < 1.29 is 37.4 Å². The minimum Gasteiger partial charge on any atom is -0.494 e. The highest BCUT2D eigenvalue weighted by atomic mass is 19.4. The Labute approximate surface area is 257 Å². The van der Waals surface area contributed by atoms with Gasteiger partial charge < -0.3 is 30.3 Å². The molecule has 12 heteroatoms. The minimum absolute atomic E-state index is 0.0578. The van der Waals surface area contributed by atoms with E-state index < -0.39 is 35.8 Å². The van der Waals surface area contributed by atoms with Gasteiger partial charge in [-0.2, -0.15) is 13.2 Å². The Kier molecular flexibility index (Phi) is 11.6. The molecule has 3 amide bonds. The van der Waals surface area contributed by atoms with E-state index in [0.29, 0.717) is 57.7 Å². The molecule has 4 rings (SSSR count). The number of carbonyl (C=O) groups excluding carboxylic acids is 3. The number of nitrogens with one attached hydrogen (secondary N) is 2. The van der Waals surface area contributed by atoms with Crippen LogP contribution in [0.4, 0.5) is 13.2 Å². The van der Waals surface area contributed by atoms with E-state index in [9.17, 15) is 32.7 Å². The summed E-state index contributed by atoms with van der Waals surface area (Å²) in [5.74, 6) is -0.406. The average molecular weight is 625 g/mol. The third-order valence-electron chi connectivity index (χ3n) is 9.30. The Hall–Kier alpha value is -2.86. The number of unbranched alkanes of at least 4 members (excludes halogenated alkanes) is 2. The number of hydrogen-bond acceptors (Lipinski definition) is 6. The Balaban J connectivity index is 1.21. The molecule has 1 saturated carbocycles. The van der Waals surface area contributed by atoms with Crippen LogP contribution < -0.4 is 15.4 Å². The van der Waals surface area contributed by atoms with Gasteiger partial charge in [0.05, 0.1) is 12.2 Å². The molecule has 1 aromatic rings. The molecule has 0 radical (unpaired) electrons. The van der Waals surface area contributed by atoms with Crippen LogP contribution in [0.2, 0.25) is 0 Å². The fourth-order valence-electron chi connectivity index (χ4n) is 6.70. The summed E-state index contributed by atoms with van der Waals surface area (Å²) in [6, 6.07) is 5.32. The molecular weight excluding hydrogens is 577 g/mol. The number of ether oxygens (including phenoxy) is 1. The highest BCUT2D eigenvalue weighted by molar-refractivity contribution is 6.00. The number of amides is 3. The summed E-state index contributed by atoms with van der Waals surface area (Å²) in [6.45, 7) is 3.94. The summed E-state index contributed by atoms with van der Waals surface area (Å²) in [7, 11) is 0. The number of benzene rings is 1. The Bertz CT molecular complexity index is 1120. The number of nitrogens with zero attached hydrogens (tertiary/aromatic N) is 2. The molecule has 3 N–H and O–H groups in total. The maximum atomic E-state index is 13.7. The quantitative estimate of drug-likeness (QED) is 0.284. The zero-order valence-corrected chi connectivity index (χ0v) is 25.7. The summed E-state index contributed by atoms with van der Waals surface area (Å²) >= 11 is 0. The zero-order valence-electron chi connectivity index (χ0n) is 25.7. The van der Waals surface area contributed by atoms with Gasteiger partial charge in [0, 0.05) is 31.6 Å². The van der Waals surface area contributed by atoms with Gasteiger partial charge in [-0.3, -0.25) is 14.4 Å². The maximum Gasteiger partial charge on any atom is 0.405 e. The number of hydrogen-bond donors (Lipinski definition) is 3. The number of aliphatic hydroxyl groups is 1. The van der Waals surface area contributed by atoms with Crippen molar-refractivity contribution in [3.8, 4) is 5.75 Å². The average Bonchev–Trinajstić information content (AvgIpc) is 2.99. The van der Waals surface area contributed by atoms with E-state index in [0.717, 1.165) is 51.5 Å². The fraction of sp³-hybridized carbons (Fsp3) is 0.719. The summed E-state index contributed by atoms with van der Waals surface area (Å²) in [4.78, 5) is 43.4. The van der Waals surface area contributed by atoms with Gasteiger partial charge in [0.1, 0.15) is 23.9 Å². The van der Waals surface area contributed by atoms with Gasteiger partial charge >= 0.3 is 6.18 Å². The van der Waals surface area contributed by atoms with Crippen molar-refractivity contribution in [2.45, 2.75) is 107 Å². The first-order valence-corrected chi connectivity index (χ1v) is 16.1. The molecule has 0 aromatic heterocycles. The smallest absolute Gasteiger partial charge is 0.405 e. The Morgan fingerprint density at radius 2 is 1.70 bits per heavy atom. The number of likely N-dealkylation sites (tertiary alicyclic amines) is 1.